The first-order valence-corrected chi connectivity index (χ1v) is 7.90. The Kier molecular flexibility index (Phi) is 4.10. The Balaban J connectivity index is 1.79. The van der Waals surface area contributed by atoms with Crippen molar-refractivity contribution in [1.29, 1.82) is 0 Å². The van der Waals surface area contributed by atoms with Gasteiger partial charge in [0.1, 0.15) is 0 Å². The standard InChI is InChI=1S/C15H18BrN3O2/c1-17-5-7-18(8-6-17)13-10-14(20)19(15(13)21)12-4-2-3-11(16)9-12/h2-4,9,13H,5-8,10H2,1H3. The largest absolute Gasteiger partial charge is 0.304 e. The van der Waals surface area contributed by atoms with Crippen molar-refractivity contribution in [2.24, 2.45) is 0 Å². The number of benzene rings is 1. The van der Waals surface area contributed by atoms with E-state index in [2.05, 4.69) is 32.8 Å². The van der Waals surface area contributed by atoms with E-state index in [-0.39, 0.29) is 24.3 Å². The maximum atomic E-state index is 12.6. The summed E-state index contributed by atoms with van der Waals surface area (Å²) in [6.45, 7) is 3.56. The van der Waals surface area contributed by atoms with Gasteiger partial charge in [-0.1, -0.05) is 22.0 Å². The van der Waals surface area contributed by atoms with Crippen molar-refractivity contribution in [2.45, 2.75) is 12.5 Å². The fraction of sp³-hybridized carbons (Fsp3) is 0.467. The van der Waals surface area contributed by atoms with Crippen LogP contribution in [0.3, 0.4) is 0 Å². The van der Waals surface area contributed by atoms with E-state index in [1.165, 1.54) is 4.90 Å². The lowest BCUT2D eigenvalue weighted by atomic mass is 10.2. The predicted octanol–water partition coefficient (Wildman–Crippen LogP) is 1.33. The van der Waals surface area contributed by atoms with Gasteiger partial charge in [-0.05, 0) is 25.2 Å². The molecule has 0 bridgehead atoms. The summed E-state index contributed by atoms with van der Waals surface area (Å²) >= 11 is 3.38. The number of likely N-dealkylation sites (N-methyl/N-ethyl adjacent to an activating group) is 1. The van der Waals surface area contributed by atoms with Crippen LogP contribution in [0.5, 0.6) is 0 Å². The smallest absolute Gasteiger partial charge is 0.251 e. The molecule has 0 spiro atoms. The molecule has 0 N–H and O–H groups in total. The molecule has 6 heteroatoms. The van der Waals surface area contributed by atoms with Gasteiger partial charge in [-0.3, -0.25) is 14.5 Å². The monoisotopic (exact) mass is 351 g/mol. The summed E-state index contributed by atoms with van der Waals surface area (Å²) in [4.78, 5) is 30.6. The van der Waals surface area contributed by atoms with Crippen LogP contribution in [0, 0.1) is 0 Å². The van der Waals surface area contributed by atoms with E-state index in [4.69, 9.17) is 0 Å². The second-order valence-electron chi connectivity index (χ2n) is 5.61. The maximum Gasteiger partial charge on any atom is 0.251 e. The number of carbonyl (C=O) groups excluding carboxylic acids is 2. The summed E-state index contributed by atoms with van der Waals surface area (Å²) in [6, 6.07) is 7.02. The molecule has 2 amide bonds. The zero-order valence-electron chi connectivity index (χ0n) is 12.0. The summed E-state index contributed by atoms with van der Waals surface area (Å²) in [5.74, 6) is -0.204. The minimum atomic E-state index is -0.301. The normalized spacial score (nSPS) is 24.9. The Labute approximate surface area is 132 Å². The molecule has 0 aliphatic carbocycles. The van der Waals surface area contributed by atoms with Gasteiger partial charge in [0.15, 0.2) is 0 Å². The van der Waals surface area contributed by atoms with Gasteiger partial charge in [0.2, 0.25) is 5.91 Å². The summed E-state index contributed by atoms with van der Waals surface area (Å²) in [5, 5.41) is 0. The van der Waals surface area contributed by atoms with Crippen LogP contribution in [-0.4, -0.2) is 60.9 Å². The molecule has 1 aromatic rings. The number of amides is 2. The Hall–Kier alpha value is -1.24. The van der Waals surface area contributed by atoms with Gasteiger partial charge in [-0.2, -0.15) is 0 Å². The minimum absolute atomic E-state index is 0.0948. The maximum absolute atomic E-state index is 12.6. The van der Waals surface area contributed by atoms with Crippen LogP contribution in [0.15, 0.2) is 28.7 Å². The number of nitrogens with zero attached hydrogens (tertiary/aromatic N) is 3. The van der Waals surface area contributed by atoms with E-state index in [1.54, 1.807) is 6.07 Å². The molecule has 2 aliphatic rings. The van der Waals surface area contributed by atoms with Crippen molar-refractivity contribution < 1.29 is 9.59 Å². The van der Waals surface area contributed by atoms with Gasteiger partial charge in [-0.15, -0.1) is 0 Å². The molecular formula is C15H18BrN3O2. The molecule has 0 aromatic heterocycles. The second kappa shape index (κ2) is 5.87. The number of imide groups is 1. The third-order valence-corrected chi connectivity index (χ3v) is 4.66. The van der Waals surface area contributed by atoms with Gasteiger partial charge in [0.05, 0.1) is 18.2 Å². The number of rotatable bonds is 2. The Bertz CT molecular complexity index is 570. The van der Waals surface area contributed by atoms with E-state index in [9.17, 15) is 9.59 Å². The predicted molar refractivity (Wildman–Crippen MR) is 84.1 cm³/mol. The van der Waals surface area contributed by atoms with Crippen LogP contribution in [0.4, 0.5) is 5.69 Å². The van der Waals surface area contributed by atoms with E-state index in [0.29, 0.717) is 5.69 Å². The first kappa shape index (κ1) is 14.7. The molecule has 1 unspecified atom stereocenters. The molecule has 0 saturated carbocycles. The van der Waals surface area contributed by atoms with Gasteiger partial charge >= 0.3 is 0 Å². The highest BCUT2D eigenvalue weighted by Gasteiger charge is 2.43. The number of hydrogen-bond donors (Lipinski definition) is 0. The first-order chi connectivity index (χ1) is 10.1. The summed E-state index contributed by atoms with van der Waals surface area (Å²) in [5.41, 5.74) is 0.649. The van der Waals surface area contributed by atoms with Crippen LogP contribution < -0.4 is 4.90 Å². The minimum Gasteiger partial charge on any atom is -0.304 e. The zero-order chi connectivity index (χ0) is 15.0. The van der Waals surface area contributed by atoms with E-state index in [0.717, 1.165) is 30.7 Å². The number of hydrogen-bond acceptors (Lipinski definition) is 4. The number of carbonyl (C=O) groups is 2. The molecule has 2 saturated heterocycles. The quantitative estimate of drug-likeness (QED) is 0.754. The highest BCUT2D eigenvalue weighted by Crippen LogP contribution is 2.28. The van der Waals surface area contributed by atoms with Gasteiger partial charge in [0.25, 0.3) is 5.91 Å². The van der Waals surface area contributed by atoms with Crippen molar-refractivity contribution in [3.63, 3.8) is 0 Å². The fourth-order valence-corrected chi connectivity index (χ4v) is 3.31. The molecule has 112 valence electrons. The molecule has 0 radical (unpaired) electrons. The van der Waals surface area contributed by atoms with Gasteiger partial charge < -0.3 is 4.90 Å². The van der Waals surface area contributed by atoms with Crippen LogP contribution in [0.1, 0.15) is 6.42 Å². The van der Waals surface area contributed by atoms with Crippen LogP contribution >= 0.6 is 15.9 Å². The molecular weight excluding hydrogens is 334 g/mol. The highest BCUT2D eigenvalue weighted by molar-refractivity contribution is 9.10. The van der Waals surface area contributed by atoms with Crippen molar-refractivity contribution >= 4 is 33.4 Å². The third kappa shape index (κ3) is 2.88. The second-order valence-corrected chi connectivity index (χ2v) is 6.52. The molecule has 2 aliphatic heterocycles. The fourth-order valence-electron chi connectivity index (χ4n) is 2.92. The zero-order valence-corrected chi connectivity index (χ0v) is 13.5. The van der Waals surface area contributed by atoms with Crippen LogP contribution in [0.2, 0.25) is 0 Å². The summed E-state index contributed by atoms with van der Waals surface area (Å²) < 4.78 is 0.864. The third-order valence-electron chi connectivity index (χ3n) is 4.17. The lowest BCUT2D eigenvalue weighted by Crippen LogP contribution is -2.51. The molecule has 21 heavy (non-hydrogen) atoms. The van der Waals surface area contributed by atoms with Gasteiger partial charge in [-0.25, -0.2) is 4.90 Å². The Morgan fingerprint density at radius 2 is 1.86 bits per heavy atom. The lowest BCUT2D eigenvalue weighted by Gasteiger charge is -2.35. The number of piperazine rings is 1. The van der Waals surface area contributed by atoms with Crippen LogP contribution in [0.25, 0.3) is 0 Å². The molecule has 1 aromatic carbocycles. The molecule has 5 nitrogen and oxygen atoms in total. The molecule has 2 fully saturated rings. The van der Waals surface area contributed by atoms with Gasteiger partial charge in [0, 0.05) is 30.7 Å². The van der Waals surface area contributed by atoms with Crippen molar-refractivity contribution in [2.75, 3.05) is 38.1 Å². The number of halogens is 1. The van der Waals surface area contributed by atoms with E-state index >= 15 is 0 Å². The first-order valence-electron chi connectivity index (χ1n) is 7.11. The SMILES string of the molecule is CN1CCN(C2CC(=O)N(c3cccc(Br)c3)C2=O)CC1. The summed E-state index contributed by atoms with van der Waals surface area (Å²) in [6.07, 6.45) is 0.287. The average molecular weight is 352 g/mol. The van der Waals surface area contributed by atoms with Crippen LogP contribution in [-0.2, 0) is 9.59 Å². The summed E-state index contributed by atoms with van der Waals surface area (Å²) in [7, 11) is 2.08. The molecule has 1 atom stereocenters. The van der Waals surface area contributed by atoms with E-state index < -0.39 is 0 Å². The highest BCUT2D eigenvalue weighted by atomic mass is 79.9. The average Bonchev–Trinajstić information content (AvgIpc) is 2.75. The molecule has 2 heterocycles. The topological polar surface area (TPSA) is 43.9 Å². The molecule has 3 rings (SSSR count). The number of anilines is 1. The Morgan fingerprint density at radius 3 is 2.52 bits per heavy atom. The van der Waals surface area contributed by atoms with Crippen molar-refractivity contribution in [1.82, 2.24) is 9.80 Å². The van der Waals surface area contributed by atoms with Crippen molar-refractivity contribution in [3.8, 4) is 0 Å². The van der Waals surface area contributed by atoms with Crippen molar-refractivity contribution in [3.05, 3.63) is 28.7 Å². The Morgan fingerprint density at radius 1 is 1.14 bits per heavy atom. The van der Waals surface area contributed by atoms with E-state index in [1.807, 2.05) is 18.2 Å². The lowest BCUT2D eigenvalue weighted by molar-refractivity contribution is -0.123.